The van der Waals surface area contributed by atoms with E-state index in [0.717, 1.165) is 12.1 Å². The lowest BCUT2D eigenvalue weighted by atomic mass is 10.0. The van der Waals surface area contributed by atoms with E-state index in [9.17, 15) is 18.0 Å². The summed E-state index contributed by atoms with van der Waals surface area (Å²) < 4.78 is 50.6. The van der Waals surface area contributed by atoms with Crippen molar-refractivity contribution in [1.82, 2.24) is 14.9 Å². The molecule has 0 aliphatic carbocycles. The lowest BCUT2D eigenvalue weighted by Gasteiger charge is -2.27. The van der Waals surface area contributed by atoms with Gasteiger partial charge in [0.15, 0.2) is 0 Å². The number of amides is 1. The van der Waals surface area contributed by atoms with Gasteiger partial charge in [0.05, 0.1) is 43.0 Å². The van der Waals surface area contributed by atoms with Crippen molar-refractivity contribution in [3.05, 3.63) is 52.8 Å². The molecule has 1 aliphatic heterocycles. The number of aryl methyl sites for hydroxylation is 1. The van der Waals surface area contributed by atoms with Crippen molar-refractivity contribution < 1.29 is 27.4 Å². The van der Waals surface area contributed by atoms with Gasteiger partial charge in [-0.05, 0) is 49.7 Å². The number of anilines is 2. The molecule has 2 heterocycles. The molecular formula is C24H26F3N5O3. The van der Waals surface area contributed by atoms with E-state index >= 15 is 0 Å². The highest BCUT2D eigenvalue weighted by atomic mass is 19.4. The summed E-state index contributed by atoms with van der Waals surface area (Å²) in [5.74, 6) is 0.997. The molecule has 0 spiro atoms. The molecule has 0 saturated carbocycles. The van der Waals surface area contributed by atoms with Crippen molar-refractivity contribution in [3.8, 4) is 5.75 Å². The number of benzene rings is 2. The van der Waals surface area contributed by atoms with Crippen LogP contribution in [0.2, 0.25) is 0 Å². The molecule has 0 radical (unpaired) electrons. The highest BCUT2D eigenvalue weighted by molar-refractivity contribution is 6.02. The first kappa shape index (κ1) is 24.5. The summed E-state index contributed by atoms with van der Waals surface area (Å²) in [6.45, 7) is 5.31. The normalized spacial score (nSPS) is 15.2. The van der Waals surface area contributed by atoms with Crippen molar-refractivity contribution in [2.45, 2.75) is 26.1 Å². The predicted molar refractivity (Wildman–Crippen MR) is 125 cm³/mol. The third-order valence-electron chi connectivity index (χ3n) is 5.82. The van der Waals surface area contributed by atoms with Crippen LogP contribution in [0.25, 0.3) is 10.9 Å². The minimum atomic E-state index is -4.52. The van der Waals surface area contributed by atoms with E-state index in [0.29, 0.717) is 65.7 Å². The number of morpholine rings is 1. The van der Waals surface area contributed by atoms with Crippen molar-refractivity contribution in [2.75, 3.05) is 44.5 Å². The zero-order valence-corrected chi connectivity index (χ0v) is 19.6. The van der Waals surface area contributed by atoms with Gasteiger partial charge < -0.3 is 25.4 Å². The number of carbonyl (C=O) groups is 1. The number of nitrogens with zero attached hydrogens (tertiary/aromatic N) is 3. The number of hydrogen-bond acceptors (Lipinski definition) is 7. The Morgan fingerprint density at radius 1 is 1.17 bits per heavy atom. The summed E-state index contributed by atoms with van der Waals surface area (Å²) in [6, 6.07) is 6.21. The van der Waals surface area contributed by atoms with Crippen LogP contribution in [0.15, 0.2) is 30.3 Å². The van der Waals surface area contributed by atoms with Crippen molar-refractivity contribution in [3.63, 3.8) is 0 Å². The van der Waals surface area contributed by atoms with Gasteiger partial charge in [-0.1, -0.05) is 0 Å². The minimum absolute atomic E-state index is 0.0140. The van der Waals surface area contributed by atoms with E-state index in [-0.39, 0.29) is 11.6 Å². The topological polar surface area (TPSA) is 103 Å². The van der Waals surface area contributed by atoms with Crippen LogP contribution in [0.1, 0.15) is 40.3 Å². The fourth-order valence-corrected chi connectivity index (χ4v) is 4.03. The maximum absolute atomic E-state index is 13.3. The van der Waals surface area contributed by atoms with Gasteiger partial charge in [-0.2, -0.15) is 13.2 Å². The molecule has 0 bridgehead atoms. The number of fused-ring (bicyclic) bond motifs is 1. The number of halogens is 3. The number of carbonyl (C=O) groups excluding carboxylic acids is 1. The minimum Gasteiger partial charge on any atom is -0.496 e. The highest BCUT2D eigenvalue weighted by Crippen LogP contribution is 2.35. The second-order valence-corrected chi connectivity index (χ2v) is 8.35. The summed E-state index contributed by atoms with van der Waals surface area (Å²) in [7, 11) is 1.47. The maximum atomic E-state index is 13.3. The fourth-order valence-electron chi connectivity index (χ4n) is 4.03. The number of aromatic nitrogens is 2. The largest absolute Gasteiger partial charge is 0.496 e. The summed E-state index contributed by atoms with van der Waals surface area (Å²) in [5, 5.41) is 3.74. The summed E-state index contributed by atoms with van der Waals surface area (Å²) in [5.41, 5.74) is 6.15. The highest BCUT2D eigenvalue weighted by Gasteiger charge is 2.31. The summed E-state index contributed by atoms with van der Waals surface area (Å²) in [4.78, 5) is 23.7. The molecule has 2 aromatic carbocycles. The van der Waals surface area contributed by atoms with Gasteiger partial charge in [0.1, 0.15) is 17.4 Å². The van der Waals surface area contributed by atoms with Crippen LogP contribution >= 0.6 is 0 Å². The first-order valence-electron chi connectivity index (χ1n) is 11.0. The van der Waals surface area contributed by atoms with Crippen LogP contribution in [0, 0.1) is 6.92 Å². The lowest BCUT2D eigenvalue weighted by molar-refractivity contribution is -0.137. The standard InChI is InChI=1S/C24H26F3N5O3/c1-13(15-8-16(24(25,26)27)10-17(28)9-15)29-22-18-12-21(34-3)19(11-20(18)30-14(2)31-22)23(33)32-4-6-35-7-5-32/h8-13H,4-7,28H2,1-3H3,(H,29,30,31)/t13-/m1/s1. The molecule has 1 saturated heterocycles. The molecule has 1 atom stereocenters. The van der Waals surface area contributed by atoms with E-state index < -0.39 is 17.8 Å². The quantitative estimate of drug-likeness (QED) is 0.518. The Balaban J connectivity index is 1.72. The monoisotopic (exact) mass is 489 g/mol. The number of nitrogens with two attached hydrogens (primary N) is 1. The zero-order chi connectivity index (χ0) is 25.3. The van der Waals surface area contributed by atoms with Crippen molar-refractivity contribution in [2.24, 2.45) is 0 Å². The van der Waals surface area contributed by atoms with Crippen molar-refractivity contribution in [1.29, 1.82) is 0 Å². The van der Waals surface area contributed by atoms with Crippen molar-refractivity contribution >= 4 is 28.3 Å². The van der Waals surface area contributed by atoms with Crippen LogP contribution in [0.5, 0.6) is 5.75 Å². The molecule has 0 unspecified atom stereocenters. The Labute approximate surface area is 200 Å². The van der Waals surface area contributed by atoms with Crippen LogP contribution in [-0.4, -0.2) is 54.2 Å². The maximum Gasteiger partial charge on any atom is 0.416 e. The number of ether oxygens (including phenoxy) is 2. The smallest absolute Gasteiger partial charge is 0.416 e. The Morgan fingerprint density at radius 2 is 1.89 bits per heavy atom. The van der Waals surface area contributed by atoms with Gasteiger partial charge in [0.25, 0.3) is 5.91 Å². The Bertz CT molecular complexity index is 1260. The average molecular weight is 489 g/mol. The number of nitrogens with one attached hydrogen (secondary N) is 1. The number of methoxy groups -OCH3 is 1. The predicted octanol–water partition coefficient (Wildman–Crippen LogP) is 4.19. The Kier molecular flexibility index (Phi) is 6.70. The second-order valence-electron chi connectivity index (χ2n) is 8.35. The first-order chi connectivity index (χ1) is 16.6. The van der Waals surface area contributed by atoms with Gasteiger partial charge in [0, 0.05) is 24.2 Å². The van der Waals surface area contributed by atoms with Gasteiger partial charge in [-0.3, -0.25) is 4.79 Å². The lowest BCUT2D eigenvalue weighted by Crippen LogP contribution is -2.40. The second kappa shape index (κ2) is 9.57. The SMILES string of the molecule is COc1cc2c(N[C@H](C)c3cc(N)cc(C(F)(F)F)c3)nc(C)nc2cc1C(=O)N1CCOCC1. The average Bonchev–Trinajstić information content (AvgIpc) is 2.82. The molecular weight excluding hydrogens is 463 g/mol. The van der Waals surface area contributed by atoms with Crippen LogP contribution in [0.3, 0.4) is 0 Å². The van der Waals surface area contributed by atoms with Gasteiger partial charge >= 0.3 is 6.18 Å². The van der Waals surface area contributed by atoms with E-state index in [1.54, 1.807) is 30.9 Å². The number of alkyl halides is 3. The summed E-state index contributed by atoms with van der Waals surface area (Å²) >= 11 is 0. The third-order valence-corrected chi connectivity index (χ3v) is 5.82. The third kappa shape index (κ3) is 5.24. The van der Waals surface area contributed by atoms with Crippen LogP contribution in [0.4, 0.5) is 24.7 Å². The fraction of sp³-hybridized carbons (Fsp3) is 0.375. The summed E-state index contributed by atoms with van der Waals surface area (Å²) in [6.07, 6.45) is -4.52. The molecule has 3 aromatic rings. The molecule has 1 aliphatic rings. The van der Waals surface area contributed by atoms with E-state index in [1.807, 2.05) is 0 Å². The molecule has 186 valence electrons. The van der Waals surface area contributed by atoms with E-state index in [2.05, 4.69) is 15.3 Å². The van der Waals surface area contributed by atoms with Crippen LogP contribution < -0.4 is 15.8 Å². The molecule has 1 fully saturated rings. The molecule has 35 heavy (non-hydrogen) atoms. The molecule has 1 amide bonds. The van der Waals surface area contributed by atoms with Gasteiger partial charge in [0.2, 0.25) is 0 Å². The Hall–Kier alpha value is -3.60. The first-order valence-corrected chi connectivity index (χ1v) is 11.0. The molecule has 11 heteroatoms. The van der Waals surface area contributed by atoms with Gasteiger partial charge in [-0.25, -0.2) is 9.97 Å². The number of rotatable bonds is 5. The molecule has 4 rings (SSSR count). The van der Waals surface area contributed by atoms with E-state index in [4.69, 9.17) is 15.2 Å². The van der Waals surface area contributed by atoms with E-state index in [1.165, 1.54) is 13.2 Å². The number of nitrogen functional groups attached to an aromatic ring is 1. The Morgan fingerprint density at radius 3 is 2.54 bits per heavy atom. The molecule has 3 N–H and O–H groups in total. The molecule has 1 aromatic heterocycles. The van der Waals surface area contributed by atoms with Crippen LogP contribution in [-0.2, 0) is 10.9 Å². The molecule has 8 nitrogen and oxygen atoms in total. The zero-order valence-electron chi connectivity index (χ0n) is 19.6. The number of hydrogen-bond donors (Lipinski definition) is 2. The van der Waals surface area contributed by atoms with Gasteiger partial charge in [-0.15, -0.1) is 0 Å².